The largest absolute Gasteiger partial charge is 0.382 e. The van der Waals surface area contributed by atoms with Crippen LogP contribution in [0.4, 0.5) is 0 Å². The maximum absolute atomic E-state index is 12.6. The summed E-state index contributed by atoms with van der Waals surface area (Å²) in [7, 11) is 0. The molecule has 0 saturated heterocycles. The van der Waals surface area contributed by atoms with Crippen LogP contribution in [-0.4, -0.2) is 16.5 Å². The molecule has 0 amide bonds. The molecule has 0 aromatic heterocycles. The summed E-state index contributed by atoms with van der Waals surface area (Å²) >= 11 is 0. The molecule has 124 valence electrons. The van der Waals surface area contributed by atoms with Crippen molar-refractivity contribution in [2.75, 3.05) is 0 Å². The normalized spacial score (nSPS) is 11.2. The molecule has 0 saturated carbocycles. The Labute approximate surface area is 144 Å². The third-order valence-electron chi connectivity index (χ3n) is 3.98. The average molecular weight is 320 g/mol. The van der Waals surface area contributed by atoms with Gasteiger partial charge in [0.05, 0.1) is 0 Å². The number of hydrogen-bond donors (Lipinski definition) is 1. The highest BCUT2D eigenvalue weighted by molar-refractivity contribution is 6.07. The molecular formula is C22H24O2. The third kappa shape index (κ3) is 3.55. The second kappa shape index (κ2) is 6.58. The van der Waals surface area contributed by atoms with Crippen molar-refractivity contribution in [2.45, 2.75) is 33.3 Å². The standard InChI is InChI=1S/C22H24O2/c1-14(2)16-10-12-17(13-11-16)18-8-7-9-19(20(18)15(3)4)21(23)22(5,6)24/h7-13,24H,1,3H2,2,4-6H3. The summed E-state index contributed by atoms with van der Waals surface area (Å²) in [4.78, 5) is 12.6. The Hall–Kier alpha value is -2.45. The molecule has 2 heteroatoms. The van der Waals surface area contributed by atoms with Gasteiger partial charge in [0.1, 0.15) is 5.60 Å². The van der Waals surface area contributed by atoms with E-state index in [-0.39, 0.29) is 5.78 Å². The van der Waals surface area contributed by atoms with E-state index >= 15 is 0 Å². The van der Waals surface area contributed by atoms with E-state index in [9.17, 15) is 9.90 Å². The van der Waals surface area contributed by atoms with Gasteiger partial charge < -0.3 is 5.11 Å². The van der Waals surface area contributed by atoms with Gasteiger partial charge in [0.2, 0.25) is 0 Å². The minimum atomic E-state index is -1.42. The van der Waals surface area contributed by atoms with Crippen LogP contribution in [-0.2, 0) is 0 Å². The smallest absolute Gasteiger partial charge is 0.194 e. The van der Waals surface area contributed by atoms with Crippen molar-refractivity contribution in [2.24, 2.45) is 0 Å². The summed E-state index contributed by atoms with van der Waals surface area (Å²) < 4.78 is 0. The van der Waals surface area contributed by atoms with E-state index in [0.29, 0.717) is 5.56 Å². The van der Waals surface area contributed by atoms with Gasteiger partial charge in [-0.3, -0.25) is 4.79 Å². The molecule has 0 atom stereocenters. The van der Waals surface area contributed by atoms with Crippen molar-refractivity contribution < 1.29 is 9.90 Å². The monoisotopic (exact) mass is 320 g/mol. The Morgan fingerprint density at radius 1 is 0.958 bits per heavy atom. The van der Waals surface area contributed by atoms with Crippen LogP contribution >= 0.6 is 0 Å². The lowest BCUT2D eigenvalue weighted by Gasteiger charge is -2.20. The lowest BCUT2D eigenvalue weighted by molar-refractivity contribution is 0.0487. The first-order valence-electron chi connectivity index (χ1n) is 7.95. The number of Topliss-reactive ketones (excluding diaryl/α,β-unsaturated/α-hetero) is 1. The number of hydrogen-bond acceptors (Lipinski definition) is 2. The molecule has 0 aliphatic rings. The minimum Gasteiger partial charge on any atom is -0.382 e. The highest BCUT2D eigenvalue weighted by Crippen LogP contribution is 2.33. The summed E-state index contributed by atoms with van der Waals surface area (Å²) in [6.45, 7) is 14.8. The van der Waals surface area contributed by atoms with Gasteiger partial charge in [0.25, 0.3) is 0 Å². The Kier molecular flexibility index (Phi) is 4.91. The van der Waals surface area contributed by atoms with Crippen LogP contribution in [0.25, 0.3) is 22.3 Å². The number of carbonyl (C=O) groups excluding carboxylic acids is 1. The molecule has 24 heavy (non-hydrogen) atoms. The molecule has 0 heterocycles. The summed E-state index contributed by atoms with van der Waals surface area (Å²) in [6.07, 6.45) is 0. The number of carbonyl (C=O) groups is 1. The lowest BCUT2D eigenvalue weighted by Crippen LogP contribution is -2.31. The van der Waals surface area contributed by atoms with E-state index in [4.69, 9.17) is 0 Å². The zero-order valence-electron chi connectivity index (χ0n) is 14.8. The number of allylic oxidation sites excluding steroid dienone is 2. The number of rotatable bonds is 5. The maximum atomic E-state index is 12.6. The molecule has 2 rings (SSSR count). The Morgan fingerprint density at radius 3 is 2.00 bits per heavy atom. The molecule has 1 N–H and O–H groups in total. The topological polar surface area (TPSA) is 37.3 Å². The number of benzene rings is 2. The Balaban J connectivity index is 2.65. The van der Waals surface area contributed by atoms with Crippen LogP contribution in [0.1, 0.15) is 49.2 Å². The fraction of sp³-hybridized carbons (Fsp3) is 0.227. The van der Waals surface area contributed by atoms with Crippen LogP contribution in [0.3, 0.4) is 0 Å². The van der Waals surface area contributed by atoms with Crippen LogP contribution in [0.2, 0.25) is 0 Å². The van der Waals surface area contributed by atoms with Crippen LogP contribution in [0, 0.1) is 0 Å². The van der Waals surface area contributed by atoms with Crippen molar-refractivity contribution in [1.82, 2.24) is 0 Å². The second-order valence-electron chi connectivity index (χ2n) is 6.75. The van der Waals surface area contributed by atoms with Gasteiger partial charge in [-0.25, -0.2) is 0 Å². The zero-order chi connectivity index (χ0) is 18.1. The van der Waals surface area contributed by atoms with E-state index in [2.05, 4.69) is 13.2 Å². The maximum Gasteiger partial charge on any atom is 0.194 e. The van der Waals surface area contributed by atoms with Gasteiger partial charge in [0, 0.05) is 5.56 Å². The molecule has 0 aliphatic heterocycles. The number of ketones is 1. The molecule has 0 spiro atoms. The minimum absolute atomic E-state index is 0.305. The fourth-order valence-corrected chi connectivity index (χ4v) is 2.71. The highest BCUT2D eigenvalue weighted by Gasteiger charge is 2.28. The van der Waals surface area contributed by atoms with Gasteiger partial charge in [-0.15, -0.1) is 0 Å². The van der Waals surface area contributed by atoms with Gasteiger partial charge >= 0.3 is 0 Å². The molecule has 0 bridgehead atoms. The Bertz CT molecular complexity index is 803. The summed E-state index contributed by atoms with van der Waals surface area (Å²) in [5.74, 6) is -0.305. The first-order valence-corrected chi connectivity index (χ1v) is 7.95. The van der Waals surface area contributed by atoms with Gasteiger partial charge in [-0.2, -0.15) is 0 Å². The molecule has 0 fully saturated rings. The zero-order valence-corrected chi connectivity index (χ0v) is 14.8. The van der Waals surface area contributed by atoms with Crippen molar-refractivity contribution in [1.29, 1.82) is 0 Å². The van der Waals surface area contributed by atoms with E-state index in [1.165, 1.54) is 13.8 Å². The quantitative estimate of drug-likeness (QED) is 0.752. The van der Waals surface area contributed by atoms with Gasteiger partial charge in [-0.05, 0) is 55.5 Å². The van der Waals surface area contributed by atoms with Crippen molar-refractivity contribution >= 4 is 16.9 Å². The van der Waals surface area contributed by atoms with Crippen molar-refractivity contribution in [3.63, 3.8) is 0 Å². The SMILES string of the molecule is C=C(C)c1ccc(-c2cccc(C(=O)C(C)(C)O)c2C(=C)C)cc1. The van der Waals surface area contributed by atoms with Crippen molar-refractivity contribution in [3.05, 3.63) is 72.3 Å². The van der Waals surface area contributed by atoms with E-state index < -0.39 is 5.60 Å². The molecule has 2 aromatic carbocycles. The highest BCUT2D eigenvalue weighted by atomic mass is 16.3. The molecule has 2 nitrogen and oxygen atoms in total. The van der Waals surface area contributed by atoms with Crippen LogP contribution < -0.4 is 0 Å². The lowest BCUT2D eigenvalue weighted by atomic mass is 9.86. The molecular weight excluding hydrogens is 296 g/mol. The number of aliphatic hydroxyl groups is 1. The average Bonchev–Trinajstić information content (AvgIpc) is 2.52. The first kappa shape index (κ1) is 17.9. The molecule has 0 unspecified atom stereocenters. The van der Waals surface area contributed by atoms with Gasteiger partial charge in [-0.1, -0.05) is 61.2 Å². The fourth-order valence-electron chi connectivity index (χ4n) is 2.71. The predicted octanol–water partition coefficient (Wildman–Crippen LogP) is 5.37. The molecule has 2 aromatic rings. The molecule has 0 radical (unpaired) electrons. The van der Waals surface area contributed by atoms with Crippen molar-refractivity contribution in [3.8, 4) is 11.1 Å². The first-order chi connectivity index (χ1) is 11.1. The summed E-state index contributed by atoms with van der Waals surface area (Å²) in [5.41, 5.74) is 4.68. The Morgan fingerprint density at radius 2 is 1.54 bits per heavy atom. The van der Waals surface area contributed by atoms with E-state index in [1.54, 1.807) is 6.07 Å². The van der Waals surface area contributed by atoms with Gasteiger partial charge in [0.15, 0.2) is 5.78 Å². The molecule has 0 aliphatic carbocycles. The van der Waals surface area contributed by atoms with Crippen LogP contribution in [0.5, 0.6) is 0 Å². The predicted molar refractivity (Wildman–Crippen MR) is 102 cm³/mol. The second-order valence-corrected chi connectivity index (χ2v) is 6.75. The van der Waals surface area contributed by atoms with Crippen LogP contribution in [0.15, 0.2) is 55.6 Å². The summed E-state index contributed by atoms with van der Waals surface area (Å²) in [5, 5.41) is 10.1. The van der Waals surface area contributed by atoms with E-state index in [0.717, 1.165) is 33.4 Å². The third-order valence-corrected chi connectivity index (χ3v) is 3.98. The summed E-state index contributed by atoms with van der Waals surface area (Å²) in [6, 6.07) is 13.6. The van der Waals surface area contributed by atoms with E-state index in [1.807, 2.05) is 50.2 Å².